The third-order valence-corrected chi connectivity index (χ3v) is 4.55. The second-order valence-corrected chi connectivity index (χ2v) is 6.07. The van der Waals surface area contributed by atoms with Crippen molar-refractivity contribution in [1.82, 2.24) is 19.3 Å². The van der Waals surface area contributed by atoms with Gasteiger partial charge in [0, 0.05) is 37.7 Å². The number of fused-ring (bicyclic) bond motifs is 1. The molecule has 0 aliphatic carbocycles. The minimum Gasteiger partial charge on any atom is -0.341 e. The summed E-state index contributed by atoms with van der Waals surface area (Å²) in [7, 11) is 5.85. The Kier molecular flexibility index (Phi) is 3.53. The van der Waals surface area contributed by atoms with Gasteiger partial charge in [0.05, 0.1) is 5.69 Å². The summed E-state index contributed by atoms with van der Waals surface area (Å²) in [6.07, 6.45) is 0. The fraction of sp³-hybridized carbons (Fsp3) is 0.158. The molecule has 6 heteroatoms. The van der Waals surface area contributed by atoms with Gasteiger partial charge in [0.25, 0.3) is 0 Å². The number of aromatic nitrogens is 4. The zero-order valence-electron chi connectivity index (χ0n) is 14.3. The summed E-state index contributed by atoms with van der Waals surface area (Å²) in [6, 6.07) is 16.6. The van der Waals surface area contributed by atoms with Crippen molar-refractivity contribution in [2.75, 3.05) is 11.9 Å². The molecule has 0 atom stereocenters. The first kappa shape index (κ1) is 15.4. The van der Waals surface area contributed by atoms with Gasteiger partial charge in [-0.1, -0.05) is 18.2 Å². The van der Waals surface area contributed by atoms with Crippen molar-refractivity contribution in [3.05, 3.63) is 60.4 Å². The van der Waals surface area contributed by atoms with E-state index < -0.39 is 0 Å². The van der Waals surface area contributed by atoms with Crippen LogP contribution < -0.4 is 4.90 Å². The Morgan fingerprint density at radius 2 is 1.64 bits per heavy atom. The van der Waals surface area contributed by atoms with Crippen LogP contribution >= 0.6 is 0 Å². The molecule has 0 aliphatic heterocycles. The molecule has 2 aromatic carbocycles. The standard InChI is InChI=1S/C19H18FN5/c1-23(15-10-8-14(20)9-11-15)19-22-21-18(25(19)3)17-12-13-6-4-5-7-16(13)24(17)2/h4-12H,1-3H3. The molecule has 0 saturated carbocycles. The summed E-state index contributed by atoms with van der Waals surface area (Å²) in [6.45, 7) is 0. The van der Waals surface area contributed by atoms with Crippen LogP contribution in [0.1, 0.15) is 0 Å². The number of halogens is 1. The Hall–Kier alpha value is -3.15. The highest BCUT2D eigenvalue weighted by atomic mass is 19.1. The Morgan fingerprint density at radius 3 is 2.36 bits per heavy atom. The molecule has 5 nitrogen and oxygen atoms in total. The predicted octanol–water partition coefficient (Wildman–Crippen LogP) is 3.88. The van der Waals surface area contributed by atoms with E-state index in [-0.39, 0.29) is 5.82 Å². The smallest absolute Gasteiger partial charge is 0.231 e. The van der Waals surface area contributed by atoms with Crippen LogP contribution in [0.15, 0.2) is 54.6 Å². The van der Waals surface area contributed by atoms with Crippen molar-refractivity contribution < 1.29 is 4.39 Å². The topological polar surface area (TPSA) is 38.9 Å². The SMILES string of the molecule is CN(c1ccc(F)cc1)c1nnc(-c2cc3ccccc3n2C)n1C. The van der Waals surface area contributed by atoms with Crippen molar-refractivity contribution in [3.8, 4) is 11.5 Å². The first-order valence-electron chi connectivity index (χ1n) is 8.00. The molecule has 0 N–H and O–H groups in total. The molecule has 0 saturated heterocycles. The van der Waals surface area contributed by atoms with E-state index in [9.17, 15) is 4.39 Å². The summed E-state index contributed by atoms with van der Waals surface area (Å²) in [5, 5.41) is 9.88. The molecule has 126 valence electrons. The summed E-state index contributed by atoms with van der Waals surface area (Å²) in [4.78, 5) is 1.89. The molecule has 0 unspecified atom stereocenters. The fourth-order valence-corrected chi connectivity index (χ4v) is 3.12. The normalized spacial score (nSPS) is 11.2. The Bertz CT molecular complexity index is 1050. The number of hydrogen-bond donors (Lipinski definition) is 0. The lowest BCUT2D eigenvalue weighted by Crippen LogP contribution is -2.14. The van der Waals surface area contributed by atoms with Gasteiger partial charge in [-0.3, -0.25) is 4.57 Å². The molecule has 0 aliphatic rings. The summed E-state index contributed by atoms with van der Waals surface area (Å²) >= 11 is 0. The van der Waals surface area contributed by atoms with E-state index in [4.69, 9.17) is 0 Å². The van der Waals surface area contributed by atoms with Crippen molar-refractivity contribution in [3.63, 3.8) is 0 Å². The second-order valence-electron chi connectivity index (χ2n) is 6.07. The molecule has 4 aromatic rings. The fourth-order valence-electron chi connectivity index (χ4n) is 3.12. The van der Waals surface area contributed by atoms with Crippen molar-refractivity contribution >= 4 is 22.5 Å². The first-order valence-corrected chi connectivity index (χ1v) is 8.00. The van der Waals surface area contributed by atoms with Crippen LogP contribution in [0.4, 0.5) is 16.0 Å². The third kappa shape index (κ3) is 2.46. The van der Waals surface area contributed by atoms with E-state index in [0.29, 0.717) is 5.95 Å². The zero-order chi connectivity index (χ0) is 17.6. The average molecular weight is 335 g/mol. The lowest BCUT2D eigenvalue weighted by Gasteiger charge is -2.18. The second kappa shape index (κ2) is 5.73. The molecular weight excluding hydrogens is 317 g/mol. The van der Waals surface area contributed by atoms with Gasteiger partial charge in [-0.15, -0.1) is 10.2 Å². The quantitative estimate of drug-likeness (QED) is 0.570. The third-order valence-electron chi connectivity index (χ3n) is 4.55. The van der Waals surface area contributed by atoms with E-state index in [2.05, 4.69) is 33.0 Å². The summed E-state index contributed by atoms with van der Waals surface area (Å²) < 4.78 is 17.2. The molecule has 0 bridgehead atoms. The van der Waals surface area contributed by atoms with E-state index in [1.54, 1.807) is 12.1 Å². The van der Waals surface area contributed by atoms with Crippen LogP contribution in [0, 0.1) is 5.82 Å². The molecule has 0 spiro atoms. The van der Waals surface area contributed by atoms with Crippen LogP contribution in [0.5, 0.6) is 0 Å². The molecule has 0 amide bonds. The molecule has 0 radical (unpaired) electrons. The highest BCUT2D eigenvalue weighted by molar-refractivity contribution is 5.86. The average Bonchev–Trinajstić information content (AvgIpc) is 3.15. The van der Waals surface area contributed by atoms with Crippen molar-refractivity contribution in [2.24, 2.45) is 14.1 Å². The number of anilines is 2. The van der Waals surface area contributed by atoms with Crippen LogP contribution in [-0.2, 0) is 14.1 Å². The van der Waals surface area contributed by atoms with Crippen molar-refractivity contribution in [2.45, 2.75) is 0 Å². The number of hydrogen-bond acceptors (Lipinski definition) is 3. The highest BCUT2D eigenvalue weighted by Gasteiger charge is 2.18. The summed E-state index contributed by atoms with van der Waals surface area (Å²) in [5.74, 6) is 1.21. The Balaban J connectivity index is 1.78. The molecule has 2 heterocycles. The lowest BCUT2D eigenvalue weighted by atomic mass is 10.2. The number of benzene rings is 2. The van der Waals surface area contributed by atoms with Gasteiger partial charge in [-0.2, -0.15) is 0 Å². The van der Waals surface area contributed by atoms with E-state index in [1.807, 2.05) is 42.7 Å². The first-order chi connectivity index (χ1) is 12.1. The van der Waals surface area contributed by atoms with Gasteiger partial charge in [-0.25, -0.2) is 4.39 Å². The monoisotopic (exact) mass is 335 g/mol. The number of aryl methyl sites for hydroxylation is 1. The van der Waals surface area contributed by atoms with Crippen LogP contribution in [0.25, 0.3) is 22.4 Å². The van der Waals surface area contributed by atoms with E-state index >= 15 is 0 Å². The van der Waals surface area contributed by atoms with Crippen LogP contribution in [-0.4, -0.2) is 26.4 Å². The molecule has 4 rings (SSSR count). The molecule has 25 heavy (non-hydrogen) atoms. The maximum atomic E-state index is 13.1. The molecular formula is C19H18FN5. The molecule has 2 aromatic heterocycles. The van der Waals surface area contributed by atoms with Crippen LogP contribution in [0.3, 0.4) is 0 Å². The minimum atomic E-state index is -0.258. The Labute approximate surface area is 144 Å². The largest absolute Gasteiger partial charge is 0.341 e. The summed E-state index contributed by atoms with van der Waals surface area (Å²) in [5.41, 5.74) is 2.99. The minimum absolute atomic E-state index is 0.258. The number of rotatable bonds is 3. The lowest BCUT2D eigenvalue weighted by molar-refractivity contribution is 0.628. The van der Waals surface area contributed by atoms with Gasteiger partial charge in [0.15, 0.2) is 5.82 Å². The van der Waals surface area contributed by atoms with Gasteiger partial charge in [-0.05, 0) is 36.4 Å². The van der Waals surface area contributed by atoms with Gasteiger partial charge in [0.1, 0.15) is 5.82 Å². The maximum absolute atomic E-state index is 13.1. The number of nitrogens with zero attached hydrogens (tertiary/aromatic N) is 5. The van der Waals surface area contributed by atoms with Gasteiger partial charge >= 0.3 is 0 Å². The van der Waals surface area contributed by atoms with E-state index in [0.717, 1.165) is 28.1 Å². The van der Waals surface area contributed by atoms with Gasteiger partial charge in [0.2, 0.25) is 5.95 Å². The highest BCUT2D eigenvalue weighted by Crippen LogP contribution is 2.29. The predicted molar refractivity (Wildman–Crippen MR) is 97.4 cm³/mol. The zero-order valence-corrected chi connectivity index (χ0v) is 14.3. The van der Waals surface area contributed by atoms with Crippen molar-refractivity contribution in [1.29, 1.82) is 0 Å². The van der Waals surface area contributed by atoms with Crippen LogP contribution in [0.2, 0.25) is 0 Å². The Morgan fingerprint density at radius 1 is 0.920 bits per heavy atom. The van der Waals surface area contributed by atoms with E-state index in [1.165, 1.54) is 12.1 Å². The maximum Gasteiger partial charge on any atom is 0.231 e. The van der Waals surface area contributed by atoms with Gasteiger partial charge < -0.3 is 9.47 Å². The number of para-hydroxylation sites is 1. The molecule has 0 fully saturated rings.